The van der Waals surface area contributed by atoms with Gasteiger partial charge in [-0.1, -0.05) is 242 Å². The third-order valence-corrected chi connectivity index (χ3v) is 12.2. The topological polar surface area (TPSA) is 78.9 Å². The molecule has 6 nitrogen and oxygen atoms in total. The van der Waals surface area contributed by atoms with Gasteiger partial charge in [0.25, 0.3) is 0 Å². The van der Waals surface area contributed by atoms with Gasteiger partial charge in [0.2, 0.25) is 0 Å². The molecule has 0 N–H and O–H groups in total. The summed E-state index contributed by atoms with van der Waals surface area (Å²) in [4.78, 5) is 38.1. The molecule has 0 amide bonds. The van der Waals surface area contributed by atoms with E-state index in [2.05, 4.69) is 81.5 Å². The Kier molecular flexibility index (Phi) is 52.3. The molecule has 0 aliphatic rings. The van der Waals surface area contributed by atoms with Gasteiger partial charge in [0, 0.05) is 19.3 Å². The lowest BCUT2D eigenvalue weighted by atomic mass is 10.0. The van der Waals surface area contributed by atoms with Gasteiger partial charge in [-0.05, 0) is 83.5 Å². The zero-order valence-electron chi connectivity index (χ0n) is 43.7. The molecule has 0 saturated carbocycles. The van der Waals surface area contributed by atoms with Crippen LogP contribution in [0.3, 0.4) is 0 Å². The van der Waals surface area contributed by atoms with Crippen molar-refractivity contribution in [3.8, 4) is 0 Å². The van der Waals surface area contributed by atoms with E-state index in [-0.39, 0.29) is 31.1 Å². The van der Waals surface area contributed by atoms with Gasteiger partial charge >= 0.3 is 17.9 Å². The van der Waals surface area contributed by atoms with E-state index in [0.29, 0.717) is 19.3 Å². The smallest absolute Gasteiger partial charge is 0.306 e. The van der Waals surface area contributed by atoms with Crippen LogP contribution in [0, 0.1) is 0 Å². The van der Waals surface area contributed by atoms with Crippen LogP contribution in [0.2, 0.25) is 0 Å². The van der Waals surface area contributed by atoms with Gasteiger partial charge in [0.05, 0.1) is 0 Å². The Hall–Kier alpha value is -2.89. The van der Waals surface area contributed by atoms with Gasteiger partial charge in [0.15, 0.2) is 6.10 Å². The minimum atomic E-state index is -0.788. The second-order valence-electron chi connectivity index (χ2n) is 18.8. The van der Waals surface area contributed by atoms with Crippen molar-refractivity contribution in [2.45, 2.75) is 290 Å². The molecule has 0 rings (SSSR count). The van der Waals surface area contributed by atoms with E-state index >= 15 is 0 Å². The fraction of sp³-hybridized carbons (Fsp3) is 0.783. The van der Waals surface area contributed by atoms with Crippen molar-refractivity contribution in [3.05, 3.63) is 60.8 Å². The van der Waals surface area contributed by atoms with Crippen LogP contribution in [0.1, 0.15) is 284 Å². The van der Waals surface area contributed by atoms with Gasteiger partial charge in [-0.15, -0.1) is 0 Å². The predicted molar refractivity (Wildman–Crippen MR) is 284 cm³/mol. The van der Waals surface area contributed by atoms with Crippen molar-refractivity contribution in [2.75, 3.05) is 13.2 Å². The molecule has 66 heavy (non-hydrogen) atoms. The molecule has 0 aromatic heterocycles. The van der Waals surface area contributed by atoms with Crippen molar-refractivity contribution in [1.29, 1.82) is 0 Å². The SMILES string of the molecule is CCCC/C=C\CCCCCCCC(=O)OC[C@H](COC(=O)CCCCC/C=C\C/C=C\C/C=C\C/C=C\CCCCC)OC(=O)CCCCCCCCCCCCCCCCCCCC. The lowest BCUT2D eigenvalue weighted by Crippen LogP contribution is -2.30. The van der Waals surface area contributed by atoms with Crippen LogP contribution in [0.25, 0.3) is 0 Å². The second kappa shape index (κ2) is 54.7. The lowest BCUT2D eigenvalue weighted by Gasteiger charge is -2.18. The summed E-state index contributed by atoms with van der Waals surface area (Å²) in [5.41, 5.74) is 0. The highest BCUT2D eigenvalue weighted by Gasteiger charge is 2.19. The molecule has 6 heteroatoms. The molecule has 0 fully saturated rings. The Balaban J connectivity index is 4.38. The maximum atomic E-state index is 12.8. The van der Waals surface area contributed by atoms with Crippen molar-refractivity contribution in [3.63, 3.8) is 0 Å². The lowest BCUT2D eigenvalue weighted by molar-refractivity contribution is -0.167. The highest BCUT2D eigenvalue weighted by Crippen LogP contribution is 2.16. The van der Waals surface area contributed by atoms with E-state index in [1.54, 1.807) is 0 Å². The van der Waals surface area contributed by atoms with Crippen LogP contribution < -0.4 is 0 Å². The van der Waals surface area contributed by atoms with Crippen LogP contribution in [0.5, 0.6) is 0 Å². The summed E-state index contributed by atoms with van der Waals surface area (Å²) in [7, 11) is 0. The molecule has 0 bridgehead atoms. The number of carbonyl (C=O) groups is 3. The fourth-order valence-corrected chi connectivity index (χ4v) is 7.94. The van der Waals surface area contributed by atoms with Crippen molar-refractivity contribution in [2.24, 2.45) is 0 Å². The molecule has 1 atom stereocenters. The number of unbranched alkanes of at least 4 members (excludes halogenated alkanes) is 30. The standard InChI is InChI=1S/C60H106O6/c1-4-7-10-13-16-19-22-24-26-28-30-32-33-35-38-41-44-47-50-53-59(62)65-56-57(55-64-58(61)52-49-46-43-40-37-21-18-15-12-9-6-3)66-60(63)54-51-48-45-42-39-36-34-31-29-27-25-23-20-17-14-11-8-5-2/h15-16,18-19,24,26,30,32,35,38,57H,4-14,17,20-23,25,27-29,31,33-34,36-37,39-56H2,1-3H3/b18-15-,19-16-,26-24-,32-30-,38-35-/t57-/m1/s1. The number of rotatable bonds is 51. The average molecular weight is 924 g/mol. The van der Waals surface area contributed by atoms with Gasteiger partial charge in [-0.3, -0.25) is 14.4 Å². The summed E-state index contributed by atoms with van der Waals surface area (Å²) >= 11 is 0. The Morgan fingerprint density at radius 2 is 0.561 bits per heavy atom. The van der Waals surface area contributed by atoms with E-state index in [0.717, 1.165) is 89.9 Å². The predicted octanol–water partition coefficient (Wildman–Crippen LogP) is 18.8. The number of ether oxygens (including phenoxy) is 3. The molecule has 0 unspecified atom stereocenters. The molecule has 0 spiro atoms. The molecule has 0 radical (unpaired) electrons. The molecule has 0 aliphatic heterocycles. The van der Waals surface area contributed by atoms with Gasteiger partial charge in [-0.25, -0.2) is 0 Å². The number of hydrogen-bond acceptors (Lipinski definition) is 6. The van der Waals surface area contributed by atoms with Crippen LogP contribution in [-0.4, -0.2) is 37.2 Å². The van der Waals surface area contributed by atoms with Crippen molar-refractivity contribution in [1.82, 2.24) is 0 Å². The first kappa shape index (κ1) is 63.1. The largest absolute Gasteiger partial charge is 0.462 e. The van der Waals surface area contributed by atoms with Gasteiger partial charge in [0.1, 0.15) is 13.2 Å². The quantitative estimate of drug-likeness (QED) is 0.0262. The molecular formula is C60H106O6. The number of carbonyl (C=O) groups excluding carboxylic acids is 3. The molecule has 0 aliphatic carbocycles. The maximum absolute atomic E-state index is 12.8. The second-order valence-corrected chi connectivity index (χ2v) is 18.8. The first-order valence-corrected chi connectivity index (χ1v) is 28.3. The summed E-state index contributed by atoms with van der Waals surface area (Å²) in [6.07, 6.45) is 67.8. The molecule has 0 saturated heterocycles. The Morgan fingerprint density at radius 3 is 0.955 bits per heavy atom. The fourth-order valence-electron chi connectivity index (χ4n) is 7.94. The third kappa shape index (κ3) is 52.1. The summed E-state index contributed by atoms with van der Waals surface area (Å²) in [5.74, 6) is -0.917. The highest BCUT2D eigenvalue weighted by molar-refractivity contribution is 5.71. The molecule has 0 heterocycles. The van der Waals surface area contributed by atoms with E-state index in [1.807, 2.05) is 0 Å². The summed E-state index contributed by atoms with van der Waals surface area (Å²) in [6.45, 7) is 6.56. The van der Waals surface area contributed by atoms with E-state index in [1.165, 1.54) is 154 Å². The zero-order chi connectivity index (χ0) is 47.9. The van der Waals surface area contributed by atoms with Gasteiger partial charge in [-0.2, -0.15) is 0 Å². The Labute approximate surface area is 409 Å². The summed E-state index contributed by atoms with van der Waals surface area (Å²) in [5, 5.41) is 0. The first-order chi connectivity index (χ1) is 32.5. The third-order valence-electron chi connectivity index (χ3n) is 12.2. The minimum Gasteiger partial charge on any atom is -0.462 e. The van der Waals surface area contributed by atoms with Crippen LogP contribution in [0.15, 0.2) is 60.8 Å². The Bertz CT molecular complexity index is 1200. The molecular weight excluding hydrogens is 817 g/mol. The van der Waals surface area contributed by atoms with Crippen molar-refractivity contribution < 1.29 is 28.6 Å². The zero-order valence-corrected chi connectivity index (χ0v) is 43.7. The Morgan fingerprint density at radius 1 is 0.303 bits per heavy atom. The van der Waals surface area contributed by atoms with Gasteiger partial charge < -0.3 is 14.2 Å². The number of esters is 3. The molecule has 382 valence electrons. The number of allylic oxidation sites excluding steroid dienone is 10. The summed E-state index contributed by atoms with van der Waals surface area (Å²) < 4.78 is 16.8. The average Bonchev–Trinajstić information content (AvgIpc) is 3.31. The van der Waals surface area contributed by atoms with E-state index in [9.17, 15) is 14.4 Å². The van der Waals surface area contributed by atoms with Crippen LogP contribution >= 0.6 is 0 Å². The van der Waals surface area contributed by atoms with Crippen LogP contribution in [-0.2, 0) is 28.6 Å². The minimum absolute atomic E-state index is 0.0869. The monoisotopic (exact) mass is 923 g/mol. The van der Waals surface area contributed by atoms with E-state index in [4.69, 9.17) is 14.2 Å². The van der Waals surface area contributed by atoms with Crippen LogP contribution in [0.4, 0.5) is 0 Å². The highest BCUT2D eigenvalue weighted by atomic mass is 16.6. The molecule has 0 aromatic carbocycles. The first-order valence-electron chi connectivity index (χ1n) is 28.3. The number of hydrogen-bond donors (Lipinski definition) is 0. The van der Waals surface area contributed by atoms with E-state index < -0.39 is 6.10 Å². The maximum Gasteiger partial charge on any atom is 0.306 e. The summed E-state index contributed by atoms with van der Waals surface area (Å²) in [6, 6.07) is 0. The van der Waals surface area contributed by atoms with Crippen molar-refractivity contribution >= 4 is 17.9 Å². The normalized spacial score (nSPS) is 12.5. The molecule has 0 aromatic rings.